The molecule has 1 heterocycles. The maximum absolute atomic E-state index is 12.0. The van der Waals surface area contributed by atoms with Gasteiger partial charge in [0.2, 0.25) is 5.91 Å². The zero-order valence-electron chi connectivity index (χ0n) is 13.2. The highest BCUT2D eigenvalue weighted by atomic mass is 16.6. The molecule has 2 aromatic carbocycles. The molecular weight excluding hydrogens is 322 g/mol. The number of nitrogens with zero attached hydrogens (tertiary/aromatic N) is 2. The van der Waals surface area contributed by atoms with Crippen LogP contribution in [0.25, 0.3) is 11.3 Å². The Kier molecular flexibility index (Phi) is 4.84. The minimum absolute atomic E-state index is 0.0220. The Morgan fingerprint density at radius 3 is 2.52 bits per heavy atom. The lowest BCUT2D eigenvalue weighted by Crippen LogP contribution is -2.12. The molecule has 126 valence electrons. The van der Waals surface area contributed by atoms with Crippen LogP contribution >= 0.6 is 0 Å². The minimum Gasteiger partial charge on any atom is -0.441 e. The van der Waals surface area contributed by atoms with E-state index in [4.69, 9.17) is 4.42 Å². The molecular formula is C18H15N3O4. The third-order valence-corrected chi connectivity index (χ3v) is 3.54. The molecule has 0 fully saturated rings. The van der Waals surface area contributed by atoms with Gasteiger partial charge in [0.25, 0.3) is 5.69 Å². The summed E-state index contributed by atoms with van der Waals surface area (Å²) in [7, 11) is 0. The summed E-state index contributed by atoms with van der Waals surface area (Å²) >= 11 is 0. The highest BCUT2D eigenvalue weighted by Gasteiger charge is 2.10. The quantitative estimate of drug-likeness (QED) is 0.544. The summed E-state index contributed by atoms with van der Waals surface area (Å²) in [6, 6.07) is 15.3. The van der Waals surface area contributed by atoms with Crippen LogP contribution in [0.2, 0.25) is 0 Å². The molecule has 0 aliphatic carbocycles. The molecule has 7 nitrogen and oxygen atoms in total. The number of nitrogens with one attached hydrogen (secondary N) is 1. The zero-order valence-corrected chi connectivity index (χ0v) is 13.2. The second kappa shape index (κ2) is 7.39. The number of non-ortho nitro benzene ring substituents is 1. The van der Waals surface area contributed by atoms with Crippen molar-refractivity contribution in [2.45, 2.75) is 12.8 Å². The van der Waals surface area contributed by atoms with Crippen LogP contribution in [0.1, 0.15) is 12.3 Å². The largest absolute Gasteiger partial charge is 0.441 e. The van der Waals surface area contributed by atoms with Gasteiger partial charge < -0.3 is 9.73 Å². The first-order valence-electron chi connectivity index (χ1n) is 7.66. The number of anilines is 1. The number of aryl methyl sites for hydroxylation is 1. The summed E-state index contributed by atoms with van der Waals surface area (Å²) in [5, 5.41) is 13.3. The van der Waals surface area contributed by atoms with E-state index in [0.29, 0.717) is 23.8 Å². The van der Waals surface area contributed by atoms with Crippen molar-refractivity contribution in [3.8, 4) is 11.3 Å². The molecule has 1 N–H and O–H groups in total. The van der Waals surface area contributed by atoms with E-state index >= 15 is 0 Å². The highest BCUT2D eigenvalue weighted by Crippen LogP contribution is 2.20. The second-order valence-corrected chi connectivity index (χ2v) is 5.34. The molecule has 0 saturated heterocycles. The van der Waals surface area contributed by atoms with E-state index in [2.05, 4.69) is 10.3 Å². The predicted molar refractivity (Wildman–Crippen MR) is 92.0 cm³/mol. The number of hydrogen-bond donors (Lipinski definition) is 1. The van der Waals surface area contributed by atoms with Gasteiger partial charge in [-0.2, -0.15) is 0 Å². The van der Waals surface area contributed by atoms with Gasteiger partial charge in [0.05, 0.1) is 11.1 Å². The summed E-state index contributed by atoms with van der Waals surface area (Å²) in [6.45, 7) is 0. The lowest BCUT2D eigenvalue weighted by Gasteiger charge is -2.03. The zero-order chi connectivity index (χ0) is 17.6. The van der Waals surface area contributed by atoms with Crippen molar-refractivity contribution in [1.82, 2.24) is 4.98 Å². The molecule has 7 heteroatoms. The van der Waals surface area contributed by atoms with Crippen molar-refractivity contribution >= 4 is 17.3 Å². The molecule has 0 radical (unpaired) electrons. The first-order valence-corrected chi connectivity index (χ1v) is 7.66. The van der Waals surface area contributed by atoms with Gasteiger partial charge in [0.15, 0.2) is 11.7 Å². The molecule has 3 rings (SSSR count). The smallest absolute Gasteiger partial charge is 0.269 e. The fraction of sp³-hybridized carbons (Fsp3) is 0.111. The molecule has 0 bridgehead atoms. The number of hydrogen-bond acceptors (Lipinski definition) is 5. The van der Waals surface area contributed by atoms with Gasteiger partial charge in [-0.25, -0.2) is 4.98 Å². The van der Waals surface area contributed by atoms with Gasteiger partial charge in [0.1, 0.15) is 0 Å². The van der Waals surface area contributed by atoms with E-state index in [1.807, 2.05) is 30.3 Å². The fourth-order valence-corrected chi connectivity index (χ4v) is 2.27. The van der Waals surface area contributed by atoms with E-state index in [1.54, 1.807) is 6.20 Å². The van der Waals surface area contributed by atoms with Crippen molar-refractivity contribution in [1.29, 1.82) is 0 Å². The number of amides is 1. The molecule has 0 aliphatic heterocycles. The van der Waals surface area contributed by atoms with Crippen LogP contribution in [-0.4, -0.2) is 15.8 Å². The van der Waals surface area contributed by atoms with Gasteiger partial charge in [-0.1, -0.05) is 30.3 Å². The summed E-state index contributed by atoms with van der Waals surface area (Å²) in [6.07, 6.45) is 2.20. The van der Waals surface area contributed by atoms with Gasteiger partial charge in [-0.15, -0.1) is 0 Å². The molecule has 1 amide bonds. The van der Waals surface area contributed by atoms with E-state index in [-0.39, 0.29) is 18.0 Å². The number of carbonyl (C=O) groups is 1. The average molecular weight is 337 g/mol. The van der Waals surface area contributed by atoms with Crippen molar-refractivity contribution < 1.29 is 14.1 Å². The molecule has 0 aliphatic rings. The number of rotatable bonds is 6. The van der Waals surface area contributed by atoms with Crippen molar-refractivity contribution in [2.75, 3.05) is 5.32 Å². The van der Waals surface area contributed by atoms with E-state index in [1.165, 1.54) is 24.3 Å². The third kappa shape index (κ3) is 4.29. The topological polar surface area (TPSA) is 98.3 Å². The number of oxazole rings is 1. The molecule has 3 aromatic rings. The monoisotopic (exact) mass is 337 g/mol. The van der Waals surface area contributed by atoms with E-state index in [0.717, 1.165) is 5.56 Å². The molecule has 25 heavy (non-hydrogen) atoms. The summed E-state index contributed by atoms with van der Waals surface area (Å²) < 4.78 is 5.65. The van der Waals surface area contributed by atoms with Crippen LogP contribution in [-0.2, 0) is 11.2 Å². The maximum Gasteiger partial charge on any atom is 0.269 e. The number of benzene rings is 2. The maximum atomic E-state index is 12.0. The third-order valence-electron chi connectivity index (χ3n) is 3.54. The van der Waals surface area contributed by atoms with Gasteiger partial charge in [0, 0.05) is 36.2 Å². The Morgan fingerprint density at radius 1 is 1.12 bits per heavy atom. The Bertz CT molecular complexity index is 873. The van der Waals surface area contributed by atoms with Crippen LogP contribution in [0.5, 0.6) is 0 Å². The summed E-state index contributed by atoms with van der Waals surface area (Å²) in [5.74, 6) is 0.928. The van der Waals surface area contributed by atoms with Gasteiger partial charge in [-0.3, -0.25) is 14.9 Å². The first kappa shape index (κ1) is 16.4. The predicted octanol–water partition coefficient (Wildman–Crippen LogP) is 3.82. The Balaban J connectivity index is 1.54. The van der Waals surface area contributed by atoms with E-state index in [9.17, 15) is 14.9 Å². The molecule has 0 spiro atoms. The first-order chi connectivity index (χ1) is 12.1. The molecule has 0 atom stereocenters. The SMILES string of the molecule is O=C(CCc1ncc(-c2ccccc2)o1)Nc1ccc([N+](=O)[O-])cc1. The Labute approximate surface area is 143 Å². The normalized spacial score (nSPS) is 10.4. The van der Waals surface area contributed by atoms with Crippen LogP contribution in [0.15, 0.2) is 65.2 Å². The van der Waals surface area contributed by atoms with Crippen LogP contribution in [0.3, 0.4) is 0 Å². The standard InChI is InChI=1S/C18H15N3O4/c22-17(20-14-6-8-15(9-7-14)21(23)24)10-11-18-19-12-16(25-18)13-4-2-1-3-5-13/h1-9,12H,10-11H2,(H,20,22). The van der Waals surface area contributed by atoms with Crippen LogP contribution in [0.4, 0.5) is 11.4 Å². The minimum atomic E-state index is -0.488. The van der Waals surface area contributed by atoms with Crippen LogP contribution < -0.4 is 5.32 Å². The van der Waals surface area contributed by atoms with E-state index < -0.39 is 4.92 Å². The number of carbonyl (C=O) groups excluding carboxylic acids is 1. The lowest BCUT2D eigenvalue weighted by atomic mass is 10.2. The average Bonchev–Trinajstić information content (AvgIpc) is 3.10. The molecule has 1 aromatic heterocycles. The summed E-state index contributed by atoms with van der Waals surface area (Å²) in [4.78, 5) is 26.3. The molecule has 0 saturated carbocycles. The van der Waals surface area contributed by atoms with Crippen LogP contribution in [0, 0.1) is 10.1 Å². The second-order valence-electron chi connectivity index (χ2n) is 5.34. The lowest BCUT2D eigenvalue weighted by molar-refractivity contribution is -0.384. The highest BCUT2D eigenvalue weighted by molar-refractivity contribution is 5.90. The van der Waals surface area contributed by atoms with Crippen molar-refractivity contribution in [3.05, 3.63) is 76.8 Å². The number of nitro groups is 1. The Hall–Kier alpha value is -3.48. The molecule has 0 unspecified atom stereocenters. The van der Waals surface area contributed by atoms with Crippen molar-refractivity contribution in [3.63, 3.8) is 0 Å². The number of nitro benzene ring substituents is 1. The Morgan fingerprint density at radius 2 is 1.84 bits per heavy atom. The van der Waals surface area contributed by atoms with Crippen molar-refractivity contribution in [2.24, 2.45) is 0 Å². The fourth-order valence-electron chi connectivity index (χ4n) is 2.27. The van der Waals surface area contributed by atoms with Gasteiger partial charge in [-0.05, 0) is 12.1 Å². The number of aromatic nitrogens is 1. The van der Waals surface area contributed by atoms with Gasteiger partial charge >= 0.3 is 0 Å². The summed E-state index contributed by atoms with van der Waals surface area (Å²) in [5.41, 5.74) is 1.41.